The molecule has 0 saturated carbocycles. The van der Waals surface area contributed by atoms with E-state index in [1.165, 1.54) is 22.1 Å². The van der Waals surface area contributed by atoms with E-state index < -0.39 is 0 Å². The predicted octanol–water partition coefficient (Wildman–Crippen LogP) is 3.72. The van der Waals surface area contributed by atoms with Crippen LogP contribution in [-0.4, -0.2) is 13.1 Å². The molecule has 1 nitrogen and oxygen atoms in total. The van der Waals surface area contributed by atoms with Crippen molar-refractivity contribution in [3.63, 3.8) is 0 Å². The van der Waals surface area contributed by atoms with Gasteiger partial charge in [0.2, 0.25) is 0 Å². The molecule has 0 spiro atoms. The zero-order valence-corrected chi connectivity index (χ0v) is 11.0. The van der Waals surface area contributed by atoms with Gasteiger partial charge < -0.3 is 4.90 Å². The Morgan fingerprint density at radius 1 is 1.29 bits per heavy atom. The van der Waals surface area contributed by atoms with Crippen LogP contribution in [0.15, 0.2) is 18.2 Å². The summed E-state index contributed by atoms with van der Waals surface area (Å²) in [6.07, 6.45) is 2.39. The van der Waals surface area contributed by atoms with Crippen LogP contribution in [0.25, 0.3) is 0 Å². The first-order chi connectivity index (χ1) is 6.79. The van der Waals surface area contributed by atoms with Crippen molar-refractivity contribution in [1.29, 1.82) is 0 Å². The van der Waals surface area contributed by atoms with E-state index in [1.807, 2.05) is 12.1 Å². The van der Waals surface area contributed by atoms with Crippen LogP contribution in [0.1, 0.15) is 26.7 Å². The van der Waals surface area contributed by atoms with Crippen LogP contribution in [0.3, 0.4) is 0 Å². The minimum absolute atomic E-state index is 1.13. The molecule has 0 saturated heterocycles. The van der Waals surface area contributed by atoms with Gasteiger partial charge in [-0.2, -0.15) is 0 Å². The highest BCUT2D eigenvalue weighted by molar-refractivity contribution is 14.1. The maximum Gasteiger partial charge on any atom is 0.0582 e. The SMILES string of the molecule is CCCN(CCC)c1[c]cccc1I. The lowest BCUT2D eigenvalue weighted by molar-refractivity contribution is 0.743. The van der Waals surface area contributed by atoms with Gasteiger partial charge in [-0.1, -0.05) is 26.0 Å². The van der Waals surface area contributed by atoms with Crippen LogP contribution in [0.4, 0.5) is 5.69 Å². The minimum atomic E-state index is 1.13. The summed E-state index contributed by atoms with van der Waals surface area (Å²) in [4.78, 5) is 2.42. The minimum Gasteiger partial charge on any atom is -0.370 e. The molecule has 0 bridgehead atoms. The zero-order valence-electron chi connectivity index (χ0n) is 8.89. The Balaban J connectivity index is 2.81. The fourth-order valence-electron chi connectivity index (χ4n) is 1.53. The standard InChI is InChI=1S/C12H17IN/c1-3-9-14(10-4-2)12-8-6-5-7-11(12)13/h5-7H,3-4,9-10H2,1-2H3. The molecule has 0 fully saturated rings. The highest BCUT2D eigenvalue weighted by Gasteiger charge is 2.07. The van der Waals surface area contributed by atoms with Gasteiger partial charge in [0, 0.05) is 22.7 Å². The largest absolute Gasteiger partial charge is 0.370 e. The van der Waals surface area contributed by atoms with Crippen LogP contribution in [-0.2, 0) is 0 Å². The third-order valence-electron chi connectivity index (χ3n) is 2.09. The predicted molar refractivity (Wildman–Crippen MR) is 70.8 cm³/mol. The van der Waals surface area contributed by atoms with Gasteiger partial charge in [0.25, 0.3) is 0 Å². The molecule has 0 aliphatic carbocycles. The lowest BCUT2D eigenvalue weighted by Gasteiger charge is -2.24. The molecule has 0 heterocycles. The Morgan fingerprint density at radius 2 is 1.93 bits per heavy atom. The summed E-state index contributed by atoms with van der Waals surface area (Å²) >= 11 is 2.38. The van der Waals surface area contributed by atoms with Gasteiger partial charge in [-0.25, -0.2) is 0 Å². The second-order valence-corrected chi connectivity index (χ2v) is 4.52. The zero-order chi connectivity index (χ0) is 10.4. The quantitative estimate of drug-likeness (QED) is 0.749. The molecular weight excluding hydrogens is 285 g/mol. The molecule has 0 unspecified atom stereocenters. The number of benzene rings is 1. The summed E-state index contributed by atoms with van der Waals surface area (Å²) in [6.45, 7) is 6.70. The summed E-state index contributed by atoms with van der Waals surface area (Å²) in [7, 11) is 0. The highest BCUT2D eigenvalue weighted by Crippen LogP contribution is 2.21. The normalized spacial score (nSPS) is 10.2. The van der Waals surface area contributed by atoms with E-state index in [-0.39, 0.29) is 0 Å². The molecule has 14 heavy (non-hydrogen) atoms. The molecule has 1 aromatic carbocycles. The fourth-order valence-corrected chi connectivity index (χ4v) is 2.23. The number of hydrogen-bond donors (Lipinski definition) is 0. The van der Waals surface area contributed by atoms with Gasteiger partial charge >= 0.3 is 0 Å². The maximum absolute atomic E-state index is 3.32. The van der Waals surface area contributed by atoms with E-state index >= 15 is 0 Å². The molecule has 0 atom stereocenters. The van der Waals surface area contributed by atoms with Gasteiger partial charge in [0.05, 0.1) is 5.69 Å². The number of nitrogens with zero attached hydrogens (tertiary/aromatic N) is 1. The van der Waals surface area contributed by atoms with Crippen molar-refractivity contribution in [1.82, 2.24) is 0 Å². The molecule has 0 aromatic heterocycles. The molecule has 0 aliphatic rings. The Bertz CT molecular complexity index is 267. The lowest BCUT2D eigenvalue weighted by atomic mass is 10.2. The van der Waals surface area contributed by atoms with Crippen molar-refractivity contribution in [2.45, 2.75) is 26.7 Å². The van der Waals surface area contributed by atoms with E-state index in [9.17, 15) is 0 Å². The van der Waals surface area contributed by atoms with Crippen LogP contribution < -0.4 is 4.90 Å². The van der Waals surface area contributed by atoms with Crippen molar-refractivity contribution >= 4 is 28.3 Å². The number of para-hydroxylation sites is 1. The first kappa shape index (κ1) is 11.8. The summed E-state index contributed by atoms with van der Waals surface area (Å²) in [5, 5.41) is 0. The molecule has 1 radical (unpaired) electrons. The van der Waals surface area contributed by atoms with Gasteiger partial charge in [0.15, 0.2) is 0 Å². The van der Waals surface area contributed by atoms with Gasteiger partial charge in [-0.3, -0.25) is 0 Å². The van der Waals surface area contributed by atoms with Crippen LogP contribution in [0.5, 0.6) is 0 Å². The van der Waals surface area contributed by atoms with E-state index in [0.29, 0.717) is 0 Å². The number of halogens is 1. The van der Waals surface area contributed by atoms with E-state index in [0.717, 1.165) is 13.1 Å². The van der Waals surface area contributed by atoms with Crippen LogP contribution in [0.2, 0.25) is 0 Å². The molecule has 77 valence electrons. The molecule has 0 amide bonds. The van der Waals surface area contributed by atoms with E-state index in [4.69, 9.17) is 0 Å². The molecule has 0 N–H and O–H groups in total. The number of anilines is 1. The number of hydrogen-bond acceptors (Lipinski definition) is 1. The van der Waals surface area contributed by atoms with Crippen molar-refractivity contribution in [3.8, 4) is 0 Å². The second kappa shape index (κ2) is 6.27. The Hall–Kier alpha value is -0.250. The lowest BCUT2D eigenvalue weighted by Crippen LogP contribution is -2.25. The van der Waals surface area contributed by atoms with E-state index in [1.54, 1.807) is 0 Å². The summed E-state index contributed by atoms with van der Waals surface area (Å²) < 4.78 is 1.30. The third-order valence-corrected chi connectivity index (χ3v) is 2.96. The van der Waals surface area contributed by atoms with Gasteiger partial charge in [0.1, 0.15) is 0 Å². The Morgan fingerprint density at radius 3 is 2.43 bits per heavy atom. The average Bonchev–Trinajstić information content (AvgIpc) is 2.18. The Labute approximate surface area is 101 Å². The maximum atomic E-state index is 3.32. The average molecular weight is 302 g/mol. The highest BCUT2D eigenvalue weighted by atomic mass is 127. The summed E-state index contributed by atoms with van der Waals surface area (Å²) in [5.41, 5.74) is 1.26. The third kappa shape index (κ3) is 3.15. The Kier molecular flexibility index (Phi) is 5.30. The van der Waals surface area contributed by atoms with Crippen LogP contribution in [0, 0.1) is 9.64 Å². The van der Waals surface area contributed by atoms with E-state index in [2.05, 4.69) is 53.5 Å². The molecular formula is C12H17IN. The second-order valence-electron chi connectivity index (χ2n) is 3.35. The fraction of sp³-hybridized carbons (Fsp3) is 0.500. The topological polar surface area (TPSA) is 3.24 Å². The summed E-state index contributed by atoms with van der Waals surface area (Å²) in [5.74, 6) is 0. The molecule has 2 heteroatoms. The van der Waals surface area contributed by atoms with Crippen molar-refractivity contribution in [2.75, 3.05) is 18.0 Å². The molecule has 0 aliphatic heterocycles. The summed E-state index contributed by atoms with van der Waals surface area (Å²) in [6, 6.07) is 9.51. The van der Waals surface area contributed by atoms with Crippen molar-refractivity contribution < 1.29 is 0 Å². The first-order valence-electron chi connectivity index (χ1n) is 5.20. The molecule has 1 rings (SSSR count). The first-order valence-corrected chi connectivity index (χ1v) is 6.28. The monoisotopic (exact) mass is 302 g/mol. The van der Waals surface area contributed by atoms with Crippen LogP contribution >= 0.6 is 22.6 Å². The van der Waals surface area contributed by atoms with Crippen molar-refractivity contribution in [3.05, 3.63) is 27.8 Å². The van der Waals surface area contributed by atoms with Crippen molar-refractivity contribution in [2.24, 2.45) is 0 Å². The van der Waals surface area contributed by atoms with Gasteiger partial charge in [-0.05, 0) is 41.5 Å². The smallest absolute Gasteiger partial charge is 0.0582 e. The molecule has 1 aromatic rings. The van der Waals surface area contributed by atoms with Gasteiger partial charge in [-0.15, -0.1) is 0 Å². The number of rotatable bonds is 5.